The van der Waals surface area contributed by atoms with E-state index >= 15 is 0 Å². The summed E-state index contributed by atoms with van der Waals surface area (Å²) in [6.45, 7) is 5.02. The normalized spacial score (nSPS) is 16.7. The molecule has 29 heavy (non-hydrogen) atoms. The summed E-state index contributed by atoms with van der Waals surface area (Å²) in [7, 11) is 0. The van der Waals surface area contributed by atoms with Gasteiger partial charge in [-0.2, -0.15) is 13.2 Å². The summed E-state index contributed by atoms with van der Waals surface area (Å²) in [5.74, 6) is 0.683. The molecule has 0 aliphatic carbocycles. The largest absolute Gasteiger partial charge is 0.491 e. The molecule has 158 valence electrons. The van der Waals surface area contributed by atoms with Gasteiger partial charge in [0.25, 0.3) is 0 Å². The number of piperazine rings is 1. The predicted octanol–water partition coefficient (Wildman–Crippen LogP) is 4.23. The van der Waals surface area contributed by atoms with Crippen molar-refractivity contribution in [3.63, 3.8) is 0 Å². The molecule has 1 aliphatic rings. The Morgan fingerprint density at radius 1 is 1.10 bits per heavy atom. The van der Waals surface area contributed by atoms with Gasteiger partial charge in [0.15, 0.2) is 0 Å². The molecule has 0 radical (unpaired) electrons. The number of aliphatic hydroxyl groups is 1. The van der Waals surface area contributed by atoms with Gasteiger partial charge >= 0.3 is 6.18 Å². The molecular formula is C21H24ClF3N2O2. The van der Waals surface area contributed by atoms with E-state index in [2.05, 4.69) is 4.90 Å². The lowest BCUT2D eigenvalue weighted by molar-refractivity contribution is -0.137. The van der Waals surface area contributed by atoms with Crippen molar-refractivity contribution in [2.24, 2.45) is 0 Å². The zero-order chi connectivity index (χ0) is 21.0. The van der Waals surface area contributed by atoms with Crippen LogP contribution in [0.3, 0.4) is 0 Å². The van der Waals surface area contributed by atoms with Gasteiger partial charge < -0.3 is 14.7 Å². The highest BCUT2D eigenvalue weighted by molar-refractivity contribution is 6.30. The second-order valence-electron chi connectivity index (χ2n) is 7.21. The molecule has 1 N–H and O–H groups in total. The molecule has 0 aromatic heterocycles. The van der Waals surface area contributed by atoms with Gasteiger partial charge in [0.1, 0.15) is 18.5 Å². The van der Waals surface area contributed by atoms with E-state index < -0.39 is 17.8 Å². The summed E-state index contributed by atoms with van der Waals surface area (Å²) in [6, 6.07) is 10.7. The van der Waals surface area contributed by atoms with Crippen molar-refractivity contribution in [1.29, 1.82) is 0 Å². The van der Waals surface area contributed by atoms with Crippen LogP contribution in [-0.2, 0) is 6.18 Å². The smallest absolute Gasteiger partial charge is 0.416 e. The van der Waals surface area contributed by atoms with E-state index in [4.69, 9.17) is 16.3 Å². The zero-order valence-electron chi connectivity index (χ0n) is 16.1. The lowest BCUT2D eigenvalue weighted by Crippen LogP contribution is -2.49. The monoisotopic (exact) mass is 428 g/mol. The van der Waals surface area contributed by atoms with Crippen LogP contribution in [0.4, 0.5) is 18.9 Å². The second-order valence-corrected chi connectivity index (χ2v) is 7.65. The Balaban J connectivity index is 1.47. The highest BCUT2D eigenvalue weighted by atomic mass is 35.5. The lowest BCUT2D eigenvalue weighted by atomic mass is 10.1. The first kappa shape index (κ1) is 21.7. The third-order valence-corrected chi connectivity index (χ3v) is 5.18. The second kappa shape index (κ2) is 9.24. The van der Waals surface area contributed by atoms with Crippen molar-refractivity contribution in [2.45, 2.75) is 19.2 Å². The number of benzene rings is 2. The molecule has 0 spiro atoms. The van der Waals surface area contributed by atoms with Gasteiger partial charge in [-0.3, -0.25) is 4.90 Å². The van der Waals surface area contributed by atoms with Crippen LogP contribution in [0.1, 0.15) is 11.1 Å². The zero-order valence-corrected chi connectivity index (χ0v) is 16.9. The number of anilines is 1. The number of alkyl halides is 3. The molecule has 1 atom stereocenters. The van der Waals surface area contributed by atoms with E-state index in [1.54, 1.807) is 24.3 Å². The first-order valence-electron chi connectivity index (χ1n) is 9.44. The standard InChI is InChI=1S/C21H24ClF3N2O2/c1-15-11-17(22)5-6-20(15)29-14-19(28)13-26-7-9-27(10-8-26)18-4-2-3-16(12-18)21(23,24)25/h2-6,11-12,19,28H,7-10,13-14H2,1H3. The quantitative estimate of drug-likeness (QED) is 0.747. The van der Waals surface area contributed by atoms with Gasteiger partial charge in [-0.05, 0) is 48.9 Å². The number of hydrogen-bond donors (Lipinski definition) is 1. The first-order valence-corrected chi connectivity index (χ1v) is 9.82. The van der Waals surface area contributed by atoms with E-state index in [0.717, 1.165) is 11.6 Å². The fourth-order valence-corrected chi connectivity index (χ4v) is 3.61. The Kier molecular flexibility index (Phi) is 6.93. The van der Waals surface area contributed by atoms with Gasteiger partial charge in [0.05, 0.1) is 5.56 Å². The number of hydrogen-bond acceptors (Lipinski definition) is 4. The number of β-amino-alcohol motifs (C(OH)–C–C–N with tert-alkyl or cyclic N) is 1. The fourth-order valence-electron chi connectivity index (χ4n) is 3.38. The molecule has 2 aromatic carbocycles. The highest BCUT2D eigenvalue weighted by Gasteiger charge is 2.31. The van der Waals surface area contributed by atoms with Crippen LogP contribution in [0.5, 0.6) is 5.75 Å². The van der Waals surface area contributed by atoms with Crippen LogP contribution in [-0.4, -0.2) is 55.4 Å². The SMILES string of the molecule is Cc1cc(Cl)ccc1OCC(O)CN1CCN(c2cccc(C(F)(F)F)c2)CC1. The van der Waals surface area contributed by atoms with Gasteiger partial charge in [-0.15, -0.1) is 0 Å². The maximum absolute atomic E-state index is 12.9. The summed E-state index contributed by atoms with van der Waals surface area (Å²) in [5.41, 5.74) is 0.837. The molecular weight excluding hydrogens is 405 g/mol. The van der Waals surface area contributed by atoms with E-state index in [9.17, 15) is 18.3 Å². The summed E-state index contributed by atoms with van der Waals surface area (Å²) < 4.78 is 44.4. The van der Waals surface area contributed by atoms with Gasteiger partial charge in [-0.25, -0.2) is 0 Å². The summed E-state index contributed by atoms with van der Waals surface area (Å²) in [6.07, 6.45) is -5.00. The van der Waals surface area contributed by atoms with Crippen molar-refractivity contribution in [1.82, 2.24) is 4.90 Å². The first-order chi connectivity index (χ1) is 13.7. The molecule has 0 saturated carbocycles. The van der Waals surface area contributed by atoms with Crippen molar-refractivity contribution in [3.05, 3.63) is 58.6 Å². The number of aliphatic hydroxyl groups excluding tert-OH is 1. The Morgan fingerprint density at radius 2 is 1.83 bits per heavy atom. The minimum atomic E-state index is -4.34. The number of aryl methyl sites for hydroxylation is 1. The van der Waals surface area contributed by atoms with Gasteiger partial charge in [0, 0.05) is 43.4 Å². The minimum absolute atomic E-state index is 0.163. The summed E-state index contributed by atoms with van der Waals surface area (Å²) >= 11 is 5.92. The van der Waals surface area contributed by atoms with Crippen molar-refractivity contribution < 1.29 is 23.0 Å². The van der Waals surface area contributed by atoms with E-state index in [1.165, 1.54) is 12.1 Å². The highest BCUT2D eigenvalue weighted by Crippen LogP contribution is 2.32. The minimum Gasteiger partial charge on any atom is -0.491 e. The molecule has 1 saturated heterocycles. The topological polar surface area (TPSA) is 35.9 Å². The lowest BCUT2D eigenvalue weighted by Gasteiger charge is -2.37. The summed E-state index contributed by atoms with van der Waals surface area (Å²) in [4.78, 5) is 4.03. The molecule has 1 heterocycles. The third kappa shape index (κ3) is 6.01. The molecule has 3 rings (SSSR count). The Labute approximate surface area is 173 Å². The van der Waals surface area contributed by atoms with E-state index in [-0.39, 0.29) is 6.61 Å². The molecule has 4 nitrogen and oxygen atoms in total. The van der Waals surface area contributed by atoms with Gasteiger partial charge in [0.2, 0.25) is 0 Å². The fraction of sp³-hybridized carbons (Fsp3) is 0.429. The Bertz CT molecular complexity index is 824. The van der Waals surface area contributed by atoms with Crippen LogP contribution in [0.2, 0.25) is 5.02 Å². The van der Waals surface area contributed by atoms with Crippen LogP contribution >= 0.6 is 11.6 Å². The number of ether oxygens (including phenoxy) is 1. The van der Waals surface area contributed by atoms with Crippen LogP contribution in [0, 0.1) is 6.92 Å². The number of rotatable bonds is 6. The average Bonchev–Trinajstić information content (AvgIpc) is 2.67. The molecule has 2 aromatic rings. The number of nitrogens with zero attached hydrogens (tertiary/aromatic N) is 2. The van der Waals surface area contributed by atoms with Crippen molar-refractivity contribution in [2.75, 3.05) is 44.2 Å². The molecule has 1 aliphatic heterocycles. The predicted molar refractivity (Wildman–Crippen MR) is 108 cm³/mol. The van der Waals surface area contributed by atoms with E-state index in [1.807, 2.05) is 11.8 Å². The maximum Gasteiger partial charge on any atom is 0.416 e. The maximum atomic E-state index is 12.9. The number of halogens is 4. The molecule has 1 unspecified atom stereocenters. The third-order valence-electron chi connectivity index (χ3n) is 4.95. The van der Waals surface area contributed by atoms with E-state index in [0.29, 0.717) is 49.2 Å². The molecule has 1 fully saturated rings. The molecule has 0 bridgehead atoms. The van der Waals surface area contributed by atoms with Crippen molar-refractivity contribution >= 4 is 17.3 Å². The van der Waals surface area contributed by atoms with Crippen LogP contribution in [0.15, 0.2) is 42.5 Å². The average molecular weight is 429 g/mol. The summed E-state index contributed by atoms with van der Waals surface area (Å²) in [5, 5.41) is 10.9. The van der Waals surface area contributed by atoms with Gasteiger partial charge in [-0.1, -0.05) is 17.7 Å². The Morgan fingerprint density at radius 3 is 2.48 bits per heavy atom. The molecule has 8 heteroatoms. The Hall–Kier alpha value is -1.96. The van der Waals surface area contributed by atoms with Crippen LogP contribution < -0.4 is 9.64 Å². The van der Waals surface area contributed by atoms with Crippen molar-refractivity contribution in [3.8, 4) is 5.75 Å². The molecule has 0 amide bonds. The van der Waals surface area contributed by atoms with Crippen LogP contribution in [0.25, 0.3) is 0 Å².